The maximum atomic E-state index is 12.4. The molecular weight excluding hydrogens is 358 g/mol. The van der Waals surface area contributed by atoms with Crippen molar-refractivity contribution in [3.05, 3.63) is 24.3 Å². The zero-order valence-corrected chi connectivity index (χ0v) is 15.9. The first kappa shape index (κ1) is 18.3. The van der Waals surface area contributed by atoms with Gasteiger partial charge in [-0.15, -0.1) is 4.40 Å². The summed E-state index contributed by atoms with van der Waals surface area (Å²) in [6.07, 6.45) is 5.61. The van der Waals surface area contributed by atoms with Crippen LogP contribution in [-0.2, 0) is 14.8 Å². The number of fused-ring (bicyclic) bond motifs is 1. The number of rotatable bonds is 4. The van der Waals surface area contributed by atoms with E-state index in [1.165, 1.54) is 18.2 Å². The van der Waals surface area contributed by atoms with E-state index in [-0.39, 0.29) is 22.6 Å². The van der Waals surface area contributed by atoms with Gasteiger partial charge in [0.1, 0.15) is 4.90 Å². The molecule has 1 fully saturated rings. The number of benzene rings is 1. The van der Waals surface area contributed by atoms with Crippen LogP contribution in [0.4, 0.5) is 5.69 Å². The standard InChI is InChI=1S/C17H23N3O3S2/c1-2-20-14-10-6-7-11-15(14)25(22,23)19-17(20)24-12-16(21)18-13-8-4-3-5-9-13/h6-7,10-11,13H,2-5,8-9,12H2,1H3,(H,18,21). The summed E-state index contributed by atoms with van der Waals surface area (Å²) >= 11 is 1.18. The Balaban J connectivity index is 1.69. The molecular formula is C17H23N3O3S2. The quantitative estimate of drug-likeness (QED) is 0.868. The van der Waals surface area contributed by atoms with Gasteiger partial charge in [0.2, 0.25) is 5.91 Å². The molecule has 1 aliphatic heterocycles. The van der Waals surface area contributed by atoms with Crippen LogP contribution in [0.1, 0.15) is 39.0 Å². The lowest BCUT2D eigenvalue weighted by atomic mass is 9.95. The lowest BCUT2D eigenvalue weighted by Gasteiger charge is -2.29. The highest BCUT2D eigenvalue weighted by atomic mass is 32.2. The van der Waals surface area contributed by atoms with Gasteiger partial charge in [-0.05, 0) is 31.9 Å². The molecule has 0 aromatic heterocycles. The van der Waals surface area contributed by atoms with Crippen molar-refractivity contribution in [2.75, 3.05) is 17.2 Å². The van der Waals surface area contributed by atoms with Gasteiger partial charge in [-0.2, -0.15) is 8.42 Å². The minimum Gasteiger partial charge on any atom is -0.353 e. The van der Waals surface area contributed by atoms with Crippen LogP contribution in [-0.4, -0.2) is 37.8 Å². The zero-order chi connectivity index (χ0) is 17.9. The monoisotopic (exact) mass is 381 g/mol. The molecule has 3 rings (SSSR count). The Bertz CT molecular complexity index is 771. The smallest absolute Gasteiger partial charge is 0.286 e. The fourth-order valence-electron chi connectivity index (χ4n) is 3.26. The van der Waals surface area contributed by atoms with E-state index in [0.29, 0.717) is 17.4 Å². The first-order valence-corrected chi connectivity index (χ1v) is 11.1. The number of hydrogen-bond acceptors (Lipinski definition) is 5. The summed E-state index contributed by atoms with van der Waals surface area (Å²) in [6.45, 7) is 2.52. The van der Waals surface area contributed by atoms with E-state index >= 15 is 0 Å². The van der Waals surface area contributed by atoms with Crippen molar-refractivity contribution in [2.45, 2.75) is 50.0 Å². The SMILES string of the molecule is CCN1C(SCC(=O)NC2CCCCC2)=NS(=O)(=O)c2ccccc21. The molecule has 1 aliphatic carbocycles. The second kappa shape index (κ2) is 7.78. The molecule has 1 amide bonds. The van der Waals surface area contributed by atoms with Gasteiger partial charge in [0.05, 0.1) is 11.4 Å². The molecule has 1 aromatic rings. The Morgan fingerprint density at radius 1 is 1.28 bits per heavy atom. The third kappa shape index (κ3) is 4.17. The zero-order valence-electron chi connectivity index (χ0n) is 14.3. The first-order valence-electron chi connectivity index (χ1n) is 8.65. The van der Waals surface area contributed by atoms with E-state index in [2.05, 4.69) is 9.71 Å². The second-order valence-electron chi connectivity index (χ2n) is 6.25. The molecule has 1 saturated carbocycles. The van der Waals surface area contributed by atoms with Gasteiger partial charge in [0.25, 0.3) is 10.0 Å². The molecule has 2 aliphatic rings. The third-order valence-electron chi connectivity index (χ3n) is 4.48. The van der Waals surface area contributed by atoms with Crippen LogP contribution in [0.3, 0.4) is 0 Å². The van der Waals surface area contributed by atoms with Gasteiger partial charge in [-0.25, -0.2) is 0 Å². The second-order valence-corrected chi connectivity index (χ2v) is 8.77. The van der Waals surface area contributed by atoms with Gasteiger partial charge in [-0.1, -0.05) is 43.2 Å². The first-order chi connectivity index (χ1) is 12.0. The number of anilines is 1. The summed E-state index contributed by atoms with van der Waals surface area (Å²) in [5.74, 6) is 0.107. The normalized spacial score (nSPS) is 19.9. The van der Waals surface area contributed by atoms with Crippen molar-refractivity contribution < 1.29 is 13.2 Å². The van der Waals surface area contributed by atoms with Gasteiger partial charge >= 0.3 is 0 Å². The van der Waals surface area contributed by atoms with Crippen LogP contribution in [0.2, 0.25) is 0 Å². The van der Waals surface area contributed by atoms with Crippen molar-refractivity contribution in [1.29, 1.82) is 0 Å². The van der Waals surface area contributed by atoms with E-state index in [9.17, 15) is 13.2 Å². The van der Waals surface area contributed by atoms with Crippen LogP contribution in [0.15, 0.2) is 33.6 Å². The Kier molecular flexibility index (Phi) is 5.68. The van der Waals surface area contributed by atoms with Gasteiger partial charge in [-0.3, -0.25) is 4.79 Å². The maximum Gasteiger partial charge on any atom is 0.286 e. The Morgan fingerprint density at radius 2 is 2.00 bits per heavy atom. The van der Waals surface area contributed by atoms with Crippen molar-refractivity contribution in [2.24, 2.45) is 4.40 Å². The molecule has 0 unspecified atom stereocenters. The van der Waals surface area contributed by atoms with E-state index in [1.807, 2.05) is 11.8 Å². The van der Waals surface area contributed by atoms with Crippen molar-refractivity contribution in [3.8, 4) is 0 Å². The molecule has 0 spiro atoms. The van der Waals surface area contributed by atoms with E-state index in [1.54, 1.807) is 24.3 Å². The highest BCUT2D eigenvalue weighted by molar-refractivity contribution is 8.15. The third-order valence-corrected chi connectivity index (χ3v) is 6.89. The average molecular weight is 382 g/mol. The average Bonchev–Trinajstić information content (AvgIpc) is 2.61. The highest BCUT2D eigenvalue weighted by Crippen LogP contribution is 2.33. The largest absolute Gasteiger partial charge is 0.353 e. The molecule has 0 saturated heterocycles. The van der Waals surface area contributed by atoms with E-state index in [4.69, 9.17) is 0 Å². The number of carbonyl (C=O) groups is 1. The molecule has 1 heterocycles. The predicted molar refractivity (Wildman–Crippen MR) is 102 cm³/mol. The fourth-order valence-corrected chi connectivity index (χ4v) is 5.59. The predicted octanol–water partition coefficient (Wildman–Crippen LogP) is 2.75. The summed E-state index contributed by atoms with van der Waals surface area (Å²) in [5.41, 5.74) is 0.621. The minimum atomic E-state index is -3.72. The highest BCUT2D eigenvalue weighted by Gasteiger charge is 2.30. The number of thioether (sulfide) groups is 1. The number of nitrogens with zero attached hydrogens (tertiary/aromatic N) is 2. The number of hydrogen-bond donors (Lipinski definition) is 1. The molecule has 0 bridgehead atoms. The number of nitrogens with one attached hydrogen (secondary N) is 1. The van der Waals surface area contributed by atoms with Crippen LogP contribution in [0, 0.1) is 0 Å². The van der Waals surface area contributed by atoms with Gasteiger partial charge < -0.3 is 10.2 Å². The molecule has 1 N–H and O–H groups in total. The van der Waals surface area contributed by atoms with Crippen LogP contribution >= 0.6 is 11.8 Å². The molecule has 1 aromatic carbocycles. The van der Waals surface area contributed by atoms with Gasteiger partial charge in [0, 0.05) is 12.6 Å². The number of sulfonamides is 1. The van der Waals surface area contributed by atoms with Crippen molar-refractivity contribution >= 4 is 38.5 Å². The van der Waals surface area contributed by atoms with Crippen LogP contribution < -0.4 is 10.2 Å². The number of para-hydroxylation sites is 1. The molecule has 0 radical (unpaired) electrons. The van der Waals surface area contributed by atoms with E-state index in [0.717, 1.165) is 25.7 Å². The molecule has 0 atom stereocenters. The lowest BCUT2D eigenvalue weighted by molar-refractivity contribution is -0.119. The van der Waals surface area contributed by atoms with Crippen LogP contribution in [0.5, 0.6) is 0 Å². The van der Waals surface area contributed by atoms with E-state index < -0.39 is 10.0 Å². The summed E-state index contributed by atoms with van der Waals surface area (Å²) in [4.78, 5) is 14.3. The molecule has 25 heavy (non-hydrogen) atoms. The van der Waals surface area contributed by atoms with Gasteiger partial charge in [0.15, 0.2) is 5.17 Å². The van der Waals surface area contributed by atoms with Crippen molar-refractivity contribution in [3.63, 3.8) is 0 Å². The molecule has 6 nitrogen and oxygen atoms in total. The topological polar surface area (TPSA) is 78.8 Å². The Hall–Kier alpha value is -1.54. The number of carbonyl (C=O) groups excluding carboxylic acids is 1. The molecule has 8 heteroatoms. The number of amidine groups is 1. The fraction of sp³-hybridized carbons (Fsp3) is 0.529. The summed E-state index contributed by atoms with van der Waals surface area (Å²) in [7, 11) is -3.72. The summed E-state index contributed by atoms with van der Waals surface area (Å²) < 4.78 is 28.7. The van der Waals surface area contributed by atoms with Crippen LogP contribution in [0.25, 0.3) is 0 Å². The summed E-state index contributed by atoms with van der Waals surface area (Å²) in [6, 6.07) is 7.08. The molecule has 136 valence electrons. The Morgan fingerprint density at radius 3 is 2.72 bits per heavy atom. The minimum absolute atomic E-state index is 0.0630. The van der Waals surface area contributed by atoms with Crippen molar-refractivity contribution in [1.82, 2.24) is 5.32 Å². The maximum absolute atomic E-state index is 12.4. The summed E-state index contributed by atoms with van der Waals surface area (Å²) in [5, 5.41) is 3.41. The Labute approximate surface area is 153 Å². The lowest BCUT2D eigenvalue weighted by Crippen LogP contribution is -2.39. The number of amides is 1.